The van der Waals surface area contributed by atoms with Crippen LogP contribution in [0.15, 0.2) is 54.1 Å². The number of thiazole rings is 1. The number of benzene rings is 2. The van der Waals surface area contributed by atoms with Crippen molar-refractivity contribution >= 4 is 39.9 Å². The summed E-state index contributed by atoms with van der Waals surface area (Å²) in [5, 5.41) is 11.4. The van der Waals surface area contributed by atoms with Crippen LogP contribution >= 0.6 is 11.3 Å². The Morgan fingerprint density at radius 1 is 1.08 bits per heavy atom. The molecule has 1 atom stereocenters. The number of Topliss-reactive ketones (excluding diaryl/α,β-unsaturated/α-hetero) is 1. The molecule has 1 amide bonds. The highest BCUT2D eigenvalue weighted by atomic mass is 32.1. The Morgan fingerprint density at radius 2 is 1.75 bits per heavy atom. The molecule has 2 heterocycles. The van der Waals surface area contributed by atoms with E-state index in [2.05, 4.69) is 4.98 Å². The van der Waals surface area contributed by atoms with Gasteiger partial charge in [-0.15, -0.1) is 0 Å². The molecule has 9 heteroatoms. The van der Waals surface area contributed by atoms with Crippen LogP contribution in [0.1, 0.15) is 51.4 Å². The van der Waals surface area contributed by atoms with E-state index in [-0.39, 0.29) is 21.3 Å². The van der Waals surface area contributed by atoms with Crippen molar-refractivity contribution in [1.82, 2.24) is 4.98 Å². The van der Waals surface area contributed by atoms with E-state index in [1.807, 2.05) is 26.0 Å². The number of esters is 1. The summed E-state index contributed by atoms with van der Waals surface area (Å²) < 4.78 is 10.5. The van der Waals surface area contributed by atoms with Gasteiger partial charge in [-0.1, -0.05) is 60.2 Å². The number of nitrogens with zero attached hydrogens (tertiary/aromatic N) is 2. The SMILES string of the molecule is CCCOc1ccc([C@H]2C(=C(O)c3ccc(C)cc3)C(=O)C(=O)N2c2nc(C)c(C(=O)OC)s2)cc1. The van der Waals surface area contributed by atoms with E-state index in [9.17, 15) is 19.5 Å². The third-order valence-electron chi connectivity index (χ3n) is 5.80. The Bertz CT molecular complexity index is 1340. The number of aryl methyl sites for hydroxylation is 2. The van der Waals surface area contributed by atoms with E-state index in [4.69, 9.17) is 9.47 Å². The van der Waals surface area contributed by atoms with E-state index < -0.39 is 23.7 Å². The van der Waals surface area contributed by atoms with Crippen molar-refractivity contribution in [2.24, 2.45) is 0 Å². The van der Waals surface area contributed by atoms with Crippen molar-refractivity contribution in [3.63, 3.8) is 0 Å². The van der Waals surface area contributed by atoms with Gasteiger partial charge < -0.3 is 14.6 Å². The van der Waals surface area contributed by atoms with Gasteiger partial charge in [0.2, 0.25) is 0 Å². The molecule has 1 aliphatic rings. The van der Waals surface area contributed by atoms with Gasteiger partial charge in [-0.25, -0.2) is 9.78 Å². The first-order valence-electron chi connectivity index (χ1n) is 11.4. The molecular weight excluding hydrogens is 480 g/mol. The fraction of sp³-hybridized carbons (Fsp3) is 0.259. The fourth-order valence-corrected chi connectivity index (χ4v) is 4.96. The summed E-state index contributed by atoms with van der Waals surface area (Å²) >= 11 is 0.958. The van der Waals surface area contributed by atoms with Crippen molar-refractivity contribution in [3.05, 3.63) is 81.4 Å². The Hall–Kier alpha value is -3.98. The first kappa shape index (κ1) is 25.1. The molecule has 36 heavy (non-hydrogen) atoms. The molecule has 8 nitrogen and oxygen atoms in total. The van der Waals surface area contributed by atoms with Gasteiger partial charge in [0.05, 0.1) is 31.0 Å². The number of amides is 1. The molecule has 1 fully saturated rings. The monoisotopic (exact) mass is 506 g/mol. The molecule has 0 radical (unpaired) electrons. The topological polar surface area (TPSA) is 106 Å². The number of hydrogen-bond donors (Lipinski definition) is 1. The summed E-state index contributed by atoms with van der Waals surface area (Å²) in [5.74, 6) is -1.90. The zero-order chi connectivity index (χ0) is 26.0. The highest BCUT2D eigenvalue weighted by molar-refractivity contribution is 7.17. The second-order valence-corrected chi connectivity index (χ2v) is 9.33. The summed E-state index contributed by atoms with van der Waals surface area (Å²) in [6.07, 6.45) is 0.852. The zero-order valence-corrected chi connectivity index (χ0v) is 21.2. The van der Waals surface area contributed by atoms with E-state index in [1.54, 1.807) is 43.3 Å². The number of methoxy groups -OCH3 is 1. The van der Waals surface area contributed by atoms with E-state index >= 15 is 0 Å². The number of rotatable bonds is 7. The number of aliphatic hydroxyl groups is 1. The smallest absolute Gasteiger partial charge is 0.350 e. The van der Waals surface area contributed by atoms with Gasteiger partial charge in [-0.3, -0.25) is 14.5 Å². The Balaban J connectivity index is 1.88. The number of aromatic nitrogens is 1. The highest BCUT2D eigenvalue weighted by Crippen LogP contribution is 2.44. The molecule has 186 valence electrons. The molecule has 1 N–H and O–H groups in total. The number of carbonyl (C=O) groups is 3. The largest absolute Gasteiger partial charge is 0.507 e. The molecule has 1 aromatic heterocycles. The van der Waals surface area contributed by atoms with Gasteiger partial charge in [0.15, 0.2) is 5.13 Å². The van der Waals surface area contributed by atoms with Crippen molar-refractivity contribution < 1.29 is 29.0 Å². The lowest BCUT2D eigenvalue weighted by atomic mass is 9.95. The van der Waals surface area contributed by atoms with Gasteiger partial charge in [-0.2, -0.15) is 0 Å². The van der Waals surface area contributed by atoms with E-state index in [1.165, 1.54) is 12.0 Å². The zero-order valence-electron chi connectivity index (χ0n) is 20.4. The van der Waals surface area contributed by atoms with Gasteiger partial charge in [0, 0.05) is 5.56 Å². The van der Waals surface area contributed by atoms with Gasteiger partial charge in [-0.05, 0) is 38.0 Å². The first-order chi connectivity index (χ1) is 17.3. The molecule has 3 aromatic rings. The Labute approximate surface area is 212 Å². The maximum atomic E-state index is 13.3. The number of carbonyl (C=O) groups excluding carboxylic acids is 3. The summed E-state index contributed by atoms with van der Waals surface area (Å²) in [7, 11) is 1.26. The quantitative estimate of drug-likeness (QED) is 0.209. The lowest BCUT2D eigenvalue weighted by molar-refractivity contribution is -0.132. The lowest BCUT2D eigenvalue weighted by Gasteiger charge is -2.23. The fourth-order valence-electron chi connectivity index (χ4n) is 3.95. The molecule has 0 unspecified atom stereocenters. The van der Waals surface area contributed by atoms with Crippen molar-refractivity contribution in [3.8, 4) is 5.75 Å². The van der Waals surface area contributed by atoms with Gasteiger partial charge in [0.1, 0.15) is 16.4 Å². The van der Waals surface area contributed by atoms with Gasteiger partial charge in [0.25, 0.3) is 5.78 Å². The third kappa shape index (κ3) is 4.61. The first-order valence-corrected chi connectivity index (χ1v) is 12.2. The number of hydrogen-bond acceptors (Lipinski definition) is 8. The number of aliphatic hydroxyl groups excluding tert-OH is 1. The predicted octanol–water partition coefficient (Wildman–Crippen LogP) is 4.96. The van der Waals surface area contributed by atoms with Crippen LogP contribution in [0, 0.1) is 13.8 Å². The molecular formula is C27H26N2O6S. The second kappa shape index (κ2) is 10.3. The summed E-state index contributed by atoms with van der Waals surface area (Å²) in [6, 6.07) is 13.1. The minimum Gasteiger partial charge on any atom is -0.507 e. The summed E-state index contributed by atoms with van der Waals surface area (Å²) in [5.41, 5.74) is 2.30. The minimum absolute atomic E-state index is 0.0569. The Kier molecular flexibility index (Phi) is 7.21. The van der Waals surface area contributed by atoms with Crippen LogP contribution in [0.4, 0.5) is 5.13 Å². The lowest BCUT2D eigenvalue weighted by Crippen LogP contribution is -2.29. The molecule has 0 saturated carbocycles. The molecule has 0 bridgehead atoms. The molecule has 1 aliphatic heterocycles. The van der Waals surface area contributed by atoms with Crippen molar-refractivity contribution in [2.45, 2.75) is 33.2 Å². The van der Waals surface area contributed by atoms with Crippen molar-refractivity contribution in [2.75, 3.05) is 18.6 Å². The third-order valence-corrected chi connectivity index (χ3v) is 6.94. The van der Waals surface area contributed by atoms with Crippen LogP contribution in [-0.4, -0.2) is 41.5 Å². The molecule has 0 spiro atoms. The number of anilines is 1. The summed E-state index contributed by atoms with van der Waals surface area (Å²) in [6.45, 7) is 6.10. The maximum absolute atomic E-state index is 13.3. The standard InChI is InChI=1S/C27H26N2O6S/c1-5-14-35-19-12-10-17(11-13-19)21-20(22(30)18-8-6-15(2)7-9-18)23(31)25(32)29(21)27-28-16(3)24(36-27)26(33)34-4/h6-13,21,30H,5,14H2,1-4H3/t21-/m0/s1. The maximum Gasteiger partial charge on any atom is 0.350 e. The van der Waals surface area contributed by atoms with Crippen molar-refractivity contribution in [1.29, 1.82) is 0 Å². The molecule has 4 rings (SSSR count). The molecule has 1 saturated heterocycles. The Morgan fingerprint density at radius 3 is 2.36 bits per heavy atom. The van der Waals surface area contributed by atoms with Crippen LogP contribution < -0.4 is 9.64 Å². The van der Waals surface area contributed by atoms with Crippen LogP contribution in [0.2, 0.25) is 0 Å². The van der Waals surface area contributed by atoms with Crippen LogP contribution in [0.25, 0.3) is 5.76 Å². The number of ketones is 1. The van der Waals surface area contributed by atoms with Gasteiger partial charge >= 0.3 is 11.9 Å². The molecule has 0 aliphatic carbocycles. The minimum atomic E-state index is -0.956. The normalized spacial score (nSPS) is 16.9. The highest BCUT2D eigenvalue weighted by Gasteiger charge is 2.48. The second-order valence-electron chi connectivity index (χ2n) is 8.36. The average Bonchev–Trinajstić information content (AvgIpc) is 3.39. The van der Waals surface area contributed by atoms with Crippen LogP contribution in [-0.2, 0) is 14.3 Å². The number of ether oxygens (including phenoxy) is 2. The average molecular weight is 507 g/mol. The summed E-state index contributed by atoms with van der Waals surface area (Å²) in [4.78, 5) is 44.7. The van der Waals surface area contributed by atoms with E-state index in [0.717, 1.165) is 23.3 Å². The predicted molar refractivity (Wildman–Crippen MR) is 136 cm³/mol. The van der Waals surface area contributed by atoms with E-state index in [0.29, 0.717) is 29.2 Å². The molecule has 2 aromatic carbocycles. The van der Waals surface area contributed by atoms with Crippen LogP contribution in [0.5, 0.6) is 5.75 Å². The van der Waals surface area contributed by atoms with Crippen LogP contribution in [0.3, 0.4) is 0 Å².